The van der Waals surface area contributed by atoms with Crippen molar-refractivity contribution in [2.24, 2.45) is 11.5 Å². The lowest BCUT2D eigenvalue weighted by Crippen LogP contribution is -2.19. The summed E-state index contributed by atoms with van der Waals surface area (Å²) in [5.41, 5.74) is 17.8. The van der Waals surface area contributed by atoms with Crippen LogP contribution in [-0.2, 0) is 0 Å². The average molecular weight is 137 g/mol. The van der Waals surface area contributed by atoms with Crippen LogP contribution >= 0.6 is 0 Å². The lowest BCUT2D eigenvalue weighted by molar-refractivity contribution is 0.774. The Bertz CT molecular complexity index is 220. The molecule has 0 amide bonds. The molecule has 0 aromatic heterocycles. The highest BCUT2D eigenvalue weighted by Crippen LogP contribution is 2.09. The van der Waals surface area contributed by atoms with E-state index in [0.717, 1.165) is 5.56 Å². The zero-order chi connectivity index (χ0) is 7.56. The van der Waals surface area contributed by atoms with E-state index in [-0.39, 0.29) is 0 Å². The van der Waals surface area contributed by atoms with E-state index in [2.05, 4.69) is 0 Å². The van der Waals surface area contributed by atoms with E-state index in [9.17, 15) is 0 Å². The number of benzene rings is 1. The maximum atomic E-state index is 5.49. The van der Waals surface area contributed by atoms with E-state index >= 15 is 0 Å². The van der Waals surface area contributed by atoms with E-state index < -0.39 is 6.17 Å². The Balaban J connectivity index is 2.96. The molecule has 0 saturated carbocycles. The van der Waals surface area contributed by atoms with Crippen molar-refractivity contribution in [3.63, 3.8) is 0 Å². The van der Waals surface area contributed by atoms with E-state index in [1.807, 2.05) is 12.1 Å². The summed E-state index contributed by atoms with van der Waals surface area (Å²) in [7, 11) is 0. The molecule has 0 spiro atoms. The third kappa shape index (κ3) is 1.46. The molecular weight excluding hydrogens is 126 g/mol. The summed E-state index contributed by atoms with van der Waals surface area (Å²) in [4.78, 5) is 0. The van der Waals surface area contributed by atoms with Crippen molar-refractivity contribution in [2.75, 3.05) is 5.73 Å². The van der Waals surface area contributed by atoms with Gasteiger partial charge >= 0.3 is 0 Å². The zero-order valence-electron chi connectivity index (χ0n) is 5.62. The zero-order valence-corrected chi connectivity index (χ0v) is 5.62. The molecule has 0 heterocycles. The Labute approximate surface area is 59.8 Å². The van der Waals surface area contributed by atoms with Crippen molar-refractivity contribution >= 4 is 5.69 Å². The Morgan fingerprint density at radius 3 is 2.30 bits per heavy atom. The van der Waals surface area contributed by atoms with Crippen molar-refractivity contribution in [2.45, 2.75) is 6.17 Å². The highest BCUT2D eigenvalue weighted by Gasteiger charge is 1.96. The van der Waals surface area contributed by atoms with E-state index in [1.165, 1.54) is 0 Å². The van der Waals surface area contributed by atoms with Crippen LogP contribution in [0, 0.1) is 0 Å². The second kappa shape index (κ2) is 2.68. The second-order valence-electron chi connectivity index (χ2n) is 2.20. The third-order valence-corrected chi connectivity index (χ3v) is 1.30. The van der Waals surface area contributed by atoms with Gasteiger partial charge < -0.3 is 17.2 Å². The highest BCUT2D eigenvalue weighted by atomic mass is 14.8. The molecule has 1 aromatic carbocycles. The molecule has 0 atom stereocenters. The minimum Gasteiger partial charge on any atom is -0.399 e. The normalized spacial score (nSPS) is 10.3. The molecular formula is C7H11N3. The lowest BCUT2D eigenvalue weighted by Gasteiger charge is -2.04. The predicted molar refractivity (Wildman–Crippen MR) is 42.0 cm³/mol. The monoisotopic (exact) mass is 137 g/mol. The summed E-state index contributed by atoms with van der Waals surface area (Å²) in [6.45, 7) is 0. The predicted octanol–water partition coefficient (Wildman–Crippen LogP) is 0.185. The molecule has 1 rings (SSSR count). The molecule has 0 saturated heterocycles. The van der Waals surface area contributed by atoms with Gasteiger partial charge in [-0.2, -0.15) is 0 Å². The van der Waals surface area contributed by atoms with Crippen LogP contribution in [0.1, 0.15) is 11.7 Å². The quantitative estimate of drug-likeness (QED) is 0.382. The number of rotatable bonds is 1. The fourth-order valence-electron chi connectivity index (χ4n) is 0.766. The summed E-state index contributed by atoms with van der Waals surface area (Å²) in [5, 5.41) is 0. The summed E-state index contributed by atoms with van der Waals surface area (Å²) in [6.07, 6.45) is -0.427. The number of nitrogen functional groups attached to an aromatic ring is 1. The Hall–Kier alpha value is -1.06. The van der Waals surface area contributed by atoms with Gasteiger partial charge in [0.1, 0.15) is 0 Å². The first-order valence-corrected chi connectivity index (χ1v) is 3.07. The summed E-state index contributed by atoms with van der Waals surface area (Å²) in [6, 6.07) is 7.25. The van der Waals surface area contributed by atoms with Crippen molar-refractivity contribution in [3.8, 4) is 0 Å². The van der Waals surface area contributed by atoms with Crippen LogP contribution in [0.15, 0.2) is 24.3 Å². The van der Waals surface area contributed by atoms with Gasteiger partial charge in [-0.25, -0.2) is 0 Å². The molecule has 0 fully saturated rings. The van der Waals surface area contributed by atoms with Crippen LogP contribution in [0.5, 0.6) is 0 Å². The molecule has 3 nitrogen and oxygen atoms in total. The third-order valence-electron chi connectivity index (χ3n) is 1.30. The Kier molecular flexibility index (Phi) is 1.89. The van der Waals surface area contributed by atoms with Crippen LogP contribution < -0.4 is 17.2 Å². The first-order valence-electron chi connectivity index (χ1n) is 3.07. The minimum absolute atomic E-state index is 0.427. The fraction of sp³-hybridized carbons (Fsp3) is 0.143. The van der Waals surface area contributed by atoms with Crippen LogP contribution in [0.25, 0.3) is 0 Å². The highest BCUT2D eigenvalue weighted by molar-refractivity contribution is 5.41. The van der Waals surface area contributed by atoms with Gasteiger partial charge in [0, 0.05) is 5.69 Å². The Morgan fingerprint density at radius 2 is 1.90 bits per heavy atom. The molecule has 54 valence electrons. The molecule has 0 radical (unpaired) electrons. The fourth-order valence-corrected chi connectivity index (χ4v) is 0.766. The summed E-state index contributed by atoms with van der Waals surface area (Å²) < 4.78 is 0. The molecule has 0 aliphatic rings. The van der Waals surface area contributed by atoms with Crippen molar-refractivity contribution in [3.05, 3.63) is 29.8 Å². The Morgan fingerprint density at radius 1 is 1.20 bits per heavy atom. The maximum absolute atomic E-state index is 5.49. The van der Waals surface area contributed by atoms with Gasteiger partial charge in [-0.3, -0.25) is 0 Å². The molecule has 6 N–H and O–H groups in total. The molecule has 1 aromatic rings. The average Bonchev–Trinajstić information content (AvgIpc) is 1.88. The minimum atomic E-state index is -0.427. The van der Waals surface area contributed by atoms with E-state index in [4.69, 9.17) is 17.2 Å². The largest absolute Gasteiger partial charge is 0.399 e. The van der Waals surface area contributed by atoms with Gasteiger partial charge in [0.25, 0.3) is 0 Å². The summed E-state index contributed by atoms with van der Waals surface area (Å²) >= 11 is 0. The van der Waals surface area contributed by atoms with E-state index in [0.29, 0.717) is 5.69 Å². The SMILES string of the molecule is Nc1cccc(C(N)N)c1. The smallest absolute Gasteiger partial charge is 0.0785 e. The number of anilines is 1. The van der Waals surface area contributed by atoms with Gasteiger partial charge in [-0.1, -0.05) is 12.1 Å². The molecule has 0 aliphatic heterocycles. The molecule has 0 bridgehead atoms. The van der Waals surface area contributed by atoms with Crippen molar-refractivity contribution in [1.82, 2.24) is 0 Å². The second-order valence-corrected chi connectivity index (χ2v) is 2.20. The number of hydrogen-bond acceptors (Lipinski definition) is 3. The molecule has 0 unspecified atom stereocenters. The topological polar surface area (TPSA) is 78.1 Å². The first-order chi connectivity index (χ1) is 4.70. The first kappa shape index (κ1) is 7.05. The van der Waals surface area contributed by atoms with Crippen LogP contribution in [-0.4, -0.2) is 0 Å². The van der Waals surface area contributed by atoms with Gasteiger partial charge in [-0.15, -0.1) is 0 Å². The van der Waals surface area contributed by atoms with Crippen LogP contribution in [0.3, 0.4) is 0 Å². The lowest BCUT2D eigenvalue weighted by atomic mass is 10.2. The van der Waals surface area contributed by atoms with Crippen LogP contribution in [0.2, 0.25) is 0 Å². The van der Waals surface area contributed by atoms with Gasteiger partial charge in [0.05, 0.1) is 6.17 Å². The van der Waals surface area contributed by atoms with Crippen molar-refractivity contribution in [1.29, 1.82) is 0 Å². The van der Waals surface area contributed by atoms with Gasteiger partial charge in [-0.05, 0) is 17.7 Å². The number of hydrogen-bond donors (Lipinski definition) is 3. The standard InChI is InChI=1S/C7H11N3/c8-6-3-1-2-5(4-6)7(9)10/h1-4,7H,8-10H2. The maximum Gasteiger partial charge on any atom is 0.0785 e. The van der Waals surface area contributed by atoms with Crippen LogP contribution in [0.4, 0.5) is 5.69 Å². The molecule has 10 heavy (non-hydrogen) atoms. The van der Waals surface area contributed by atoms with Crippen molar-refractivity contribution < 1.29 is 0 Å². The molecule has 3 heteroatoms. The number of nitrogens with two attached hydrogens (primary N) is 3. The van der Waals surface area contributed by atoms with Gasteiger partial charge in [0.2, 0.25) is 0 Å². The van der Waals surface area contributed by atoms with Gasteiger partial charge in [0.15, 0.2) is 0 Å². The summed E-state index contributed by atoms with van der Waals surface area (Å²) in [5.74, 6) is 0. The van der Waals surface area contributed by atoms with E-state index in [1.54, 1.807) is 12.1 Å². The molecule has 0 aliphatic carbocycles.